The third-order valence-corrected chi connectivity index (χ3v) is 14.0. The summed E-state index contributed by atoms with van der Waals surface area (Å²) in [4.78, 5) is 38.6. The number of benzene rings is 1. The van der Waals surface area contributed by atoms with E-state index in [4.69, 9.17) is 30.4 Å². The molecule has 0 aromatic heterocycles. The smallest absolute Gasteiger partial charge is 0.311 e. The zero-order chi connectivity index (χ0) is 56.7. The van der Waals surface area contributed by atoms with Crippen molar-refractivity contribution in [1.82, 2.24) is 0 Å². The molecule has 3 heterocycles. The van der Waals surface area contributed by atoms with Crippen LogP contribution in [-0.4, -0.2) is 160 Å². The Morgan fingerprint density at radius 1 is 0.740 bits per heavy atom. The van der Waals surface area contributed by atoms with Crippen LogP contribution in [0, 0.1) is 17.8 Å². The molecule has 0 radical (unpaired) electrons. The molecule has 77 heavy (non-hydrogen) atoms. The number of esters is 1. The van der Waals surface area contributed by atoms with Crippen molar-refractivity contribution in [3.8, 4) is 0 Å². The van der Waals surface area contributed by atoms with Crippen LogP contribution in [0.3, 0.4) is 0 Å². The van der Waals surface area contributed by atoms with Crippen molar-refractivity contribution in [2.45, 2.75) is 202 Å². The zero-order valence-electron chi connectivity index (χ0n) is 44.6. The number of cyclic esters (lactones) is 1. The van der Waals surface area contributed by atoms with Crippen LogP contribution in [0.5, 0.6) is 0 Å². The molecule has 2 saturated heterocycles. The number of carbonyl (C=O) groups is 3. The fraction of sp³-hybridized carbons (Fsp3) is 0.603. The number of fused-ring (bicyclic) bond motifs is 2. The first-order valence-corrected chi connectivity index (χ1v) is 26.9. The van der Waals surface area contributed by atoms with Gasteiger partial charge in [0.25, 0.3) is 0 Å². The summed E-state index contributed by atoms with van der Waals surface area (Å²) in [5.74, 6) is -6.68. The molecule has 18 unspecified atom stereocenters. The van der Waals surface area contributed by atoms with Gasteiger partial charge >= 0.3 is 11.9 Å². The molecule has 3 aliphatic heterocycles. The lowest BCUT2D eigenvalue weighted by Gasteiger charge is -2.45. The molecule has 14 N–H and O–H groups in total. The van der Waals surface area contributed by atoms with Gasteiger partial charge in [0.05, 0.1) is 67.5 Å². The van der Waals surface area contributed by atoms with Crippen molar-refractivity contribution in [2.75, 3.05) is 5.73 Å². The maximum absolute atomic E-state index is 13.3. The van der Waals surface area contributed by atoms with Gasteiger partial charge in [-0.1, -0.05) is 98.9 Å². The second-order valence-electron chi connectivity index (χ2n) is 21.1. The number of hydrogen-bond acceptors (Lipinski definition) is 18. The van der Waals surface area contributed by atoms with E-state index in [0.29, 0.717) is 24.1 Å². The van der Waals surface area contributed by atoms with E-state index in [-0.39, 0.29) is 81.5 Å². The molecule has 0 spiro atoms. The van der Waals surface area contributed by atoms with Gasteiger partial charge in [-0.3, -0.25) is 14.4 Å². The van der Waals surface area contributed by atoms with Crippen LogP contribution >= 0.6 is 0 Å². The minimum absolute atomic E-state index is 0.0955. The fourth-order valence-corrected chi connectivity index (χ4v) is 9.97. The van der Waals surface area contributed by atoms with Gasteiger partial charge in [-0.25, -0.2) is 0 Å². The number of ether oxygens (including phenoxy) is 4. The first kappa shape index (κ1) is 64.8. The number of rotatable bonds is 10. The van der Waals surface area contributed by atoms with E-state index >= 15 is 0 Å². The van der Waals surface area contributed by atoms with Crippen molar-refractivity contribution >= 4 is 23.4 Å². The van der Waals surface area contributed by atoms with Gasteiger partial charge in [-0.05, 0) is 94.9 Å². The van der Waals surface area contributed by atoms with Crippen molar-refractivity contribution < 1.29 is 84.4 Å². The molecule has 0 aliphatic carbocycles. The molecule has 0 saturated carbocycles. The average molecular weight is 1080 g/mol. The SMILES string of the molecule is CC1CC(N)C(O)C(OC2/C=C/C=C/C=C/C=C\C=C/C=C/C=C/C(C)C(C(C)CCC(O)CC(=O)c3ccc(N)cc3)OC(=O)CC(O)CC(O)CCCC(O)CC(O)CC(O)CC3(O)CC(O)C(C(=O)O)C(C2)O3)O1. The van der Waals surface area contributed by atoms with Gasteiger partial charge in [0, 0.05) is 48.9 Å². The molecule has 2 bridgehead atoms. The topological polar surface area (TPSA) is 342 Å². The molecular weight excluding hydrogens is 997 g/mol. The minimum atomic E-state index is -2.25. The molecule has 19 nitrogen and oxygen atoms in total. The Kier molecular flexibility index (Phi) is 27.8. The quantitative estimate of drug-likeness (QED) is 0.0890. The molecular formula is C58H86N2O17. The summed E-state index contributed by atoms with van der Waals surface area (Å²) in [6.07, 6.45) is 9.27. The highest BCUT2D eigenvalue weighted by Gasteiger charge is 2.50. The largest absolute Gasteiger partial charge is 0.481 e. The summed E-state index contributed by atoms with van der Waals surface area (Å²) in [6, 6.07) is 5.79. The normalized spacial score (nSPS) is 38.1. The first-order valence-electron chi connectivity index (χ1n) is 26.9. The number of nitrogens with two attached hydrogens (primary N) is 2. The number of nitrogen functional groups attached to an aromatic ring is 1. The number of anilines is 1. The first-order chi connectivity index (χ1) is 36.5. The molecule has 1 aromatic carbocycles. The van der Waals surface area contributed by atoms with Crippen LogP contribution < -0.4 is 11.5 Å². The van der Waals surface area contributed by atoms with Crippen LogP contribution in [0.2, 0.25) is 0 Å². The zero-order valence-corrected chi connectivity index (χ0v) is 44.6. The number of aliphatic carboxylic acids is 1. The maximum Gasteiger partial charge on any atom is 0.311 e. The van der Waals surface area contributed by atoms with E-state index in [1.165, 1.54) is 0 Å². The predicted octanol–water partition coefficient (Wildman–Crippen LogP) is 4.14. The second-order valence-corrected chi connectivity index (χ2v) is 21.1. The standard InChI is InChI=1S/C58H86N2O17/c1-36-17-14-12-10-8-6-4-5-7-9-11-13-15-20-47(75-57-54(70)48(60)27-38(3)74-57)33-51-53(56(71)72)50(68)35-58(73,77-51)34-46(66)30-44(64)28-41(61)18-16-19-42(62)29-45(65)32-52(69)76-55(36)37(2)21-26-43(63)31-49(67)39-22-24-40(59)25-23-39/h4-15,17,20,22-25,36-38,41-48,50-51,53-55,57,61-66,68,70,73H,16,18-19,21,26-35,59-60H2,1-3H3,(H,71,72)/b5-4-,8-6-,9-7+,12-10+,13-11+,17-14+,20-15+. The predicted molar refractivity (Wildman–Crippen MR) is 288 cm³/mol. The van der Waals surface area contributed by atoms with E-state index in [9.17, 15) is 65.4 Å². The van der Waals surface area contributed by atoms with E-state index < -0.39 is 122 Å². The molecule has 3 aliphatic rings. The van der Waals surface area contributed by atoms with Crippen LogP contribution in [0.4, 0.5) is 5.69 Å². The Morgan fingerprint density at radius 2 is 1.30 bits per heavy atom. The van der Waals surface area contributed by atoms with E-state index in [2.05, 4.69) is 0 Å². The van der Waals surface area contributed by atoms with Gasteiger partial charge in [0.15, 0.2) is 17.9 Å². The van der Waals surface area contributed by atoms with Gasteiger partial charge < -0.3 is 81.5 Å². The summed E-state index contributed by atoms with van der Waals surface area (Å²) < 4.78 is 24.0. The van der Waals surface area contributed by atoms with Gasteiger partial charge in [-0.2, -0.15) is 0 Å². The summed E-state index contributed by atoms with van der Waals surface area (Å²) >= 11 is 0. The number of carbonyl (C=O) groups excluding carboxylic acids is 2. The molecule has 1 aromatic rings. The highest BCUT2D eigenvalue weighted by molar-refractivity contribution is 5.96. The highest BCUT2D eigenvalue weighted by Crippen LogP contribution is 2.38. The Labute approximate surface area is 452 Å². The molecule has 19 heteroatoms. The third-order valence-electron chi connectivity index (χ3n) is 14.0. The lowest BCUT2D eigenvalue weighted by atomic mass is 9.82. The van der Waals surface area contributed by atoms with Crippen molar-refractivity contribution in [3.63, 3.8) is 0 Å². The Morgan fingerprint density at radius 3 is 1.90 bits per heavy atom. The van der Waals surface area contributed by atoms with Crippen LogP contribution in [0.1, 0.15) is 121 Å². The summed E-state index contributed by atoms with van der Waals surface area (Å²) in [6.45, 7) is 5.54. The molecule has 0 amide bonds. The Balaban J connectivity index is 1.51. The number of aliphatic hydroxyl groups is 9. The minimum Gasteiger partial charge on any atom is -0.481 e. The Bertz CT molecular complexity index is 2160. The van der Waals surface area contributed by atoms with E-state index in [1.807, 2.05) is 56.4 Å². The number of carboxylic acid groups (broad SMARTS) is 1. The fourth-order valence-electron chi connectivity index (χ4n) is 9.97. The maximum atomic E-state index is 13.3. The average Bonchev–Trinajstić information content (AvgIpc) is 3.33. The number of aliphatic hydroxyl groups excluding tert-OH is 8. The van der Waals surface area contributed by atoms with Crippen molar-refractivity contribution in [3.05, 3.63) is 115 Å². The lowest BCUT2D eigenvalue weighted by Crippen LogP contribution is -2.57. The van der Waals surface area contributed by atoms with Crippen molar-refractivity contribution in [1.29, 1.82) is 0 Å². The van der Waals surface area contributed by atoms with Crippen LogP contribution in [0.15, 0.2) is 109 Å². The molecule has 430 valence electrons. The summed E-state index contributed by atoms with van der Waals surface area (Å²) in [5.41, 5.74) is 12.9. The summed E-state index contributed by atoms with van der Waals surface area (Å²) in [7, 11) is 0. The van der Waals surface area contributed by atoms with Gasteiger partial charge in [-0.15, -0.1) is 0 Å². The van der Waals surface area contributed by atoms with Gasteiger partial charge in [0.2, 0.25) is 0 Å². The van der Waals surface area contributed by atoms with E-state index in [1.54, 1.807) is 73.7 Å². The molecule has 2 fully saturated rings. The van der Waals surface area contributed by atoms with E-state index in [0.717, 1.165) is 0 Å². The molecule has 4 rings (SSSR count). The number of carboxylic acids is 1. The van der Waals surface area contributed by atoms with Crippen LogP contribution in [-0.2, 0) is 28.5 Å². The number of hydrogen-bond donors (Lipinski definition) is 12. The number of Topliss-reactive ketones (excluding diaryl/α,β-unsaturated/α-hetero) is 1. The van der Waals surface area contributed by atoms with Crippen LogP contribution in [0.25, 0.3) is 0 Å². The molecule has 18 atom stereocenters. The lowest BCUT2D eigenvalue weighted by molar-refractivity contribution is -0.305. The second kappa shape index (κ2) is 33.0. The summed E-state index contributed by atoms with van der Waals surface area (Å²) in [5, 5.41) is 109. The Hall–Kier alpha value is -4.71. The van der Waals surface area contributed by atoms with Crippen molar-refractivity contribution in [2.24, 2.45) is 23.5 Å². The number of ketones is 1. The number of allylic oxidation sites excluding steroid dienone is 12. The van der Waals surface area contributed by atoms with Gasteiger partial charge in [0.1, 0.15) is 18.1 Å². The highest BCUT2D eigenvalue weighted by atomic mass is 16.7. The monoisotopic (exact) mass is 1080 g/mol. The third kappa shape index (κ3) is 23.7.